The van der Waals surface area contributed by atoms with Gasteiger partial charge in [-0.25, -0.2) is 15.0 Å². The van der Waals surface area contributed by atoms with Gasteiger partial charge in [-0.15, -0.1) is 6.42 Å². The van der Waals surface area contributed by atoms with Crippen molar-refractivity contribution >= 4 is 23.5 Å². The average Bonchev–Trinajstić information content (AvgIpc) is 2.48. The van der Waals surface area contributed by atoms with E-state index in [0.717, 1.165) is 11.8 Å². The van der Waals surface area contributed by atoms with Crippen LogP contribution >= 0.6 is 11.8 Å². The fraction of sp³-hybridized carbons (Fsp3) is 0.143. The number of methoxy groups -OCH3 is 1. The molecule has 112 valence electrons. The number of carbonyl (C=O) groups excluding carboxylic acids is 1. The minimum absolute atomic E-state index is 0.00147. The lowest BCUT2D eigenvalue weighted by Gasteiger charge is -2.07. The highest BCUT2D eigenvalue weighted by molar-refractivity contribution is 7.99. The van der Waals surface area contributed by atoms with Crippen LogP contribution in [0.15, 0.2) is 28.5 Å². The Balaban J connectivity index is 2.31. The van der Waals surface area contributed by atoms with E-state index in [2.05, 4.69) is 26.2 Å². The van der Waals surface area contributed by atoms with Crippen molar-refractivity contribution in [2.24, 2.45) is 0 Å². The molecule has 0 atom stereocenters. The van der Waals surface area contributed by atoms with Crippen molar-refractivity contribution in [1.29, 1.82) is 0 Å². The molecular weight excluding hydrogens is 307 g/mol. The molecule has 1 amide bonds. The number of hydrogen-bond donors (Lipinski definition) is 1. The summed E-state index contributed by atoms with van der Waals surface area (Å²) in [6.45, 7) is 1.38. The molecule has 0 aliphatic rings. The van der Waals surface area contributed by atoms with E-state index in [1.165, 1.54) is 26.4 Å². The van der Waals surface area contributed by atoms with Gasteiger partial charge in [-0.05, 0) is 17.7 Å². The quantitative estimate of drug-likeness (QED) is 0.687. The summed E-state index contributed by atoms with van der Waals surface area (Å²) in [5.74, 6) is 1.59. The monoisotopic (exact) mass is 318 g/mol. The maximum absolute atomic E-state index is 13.8. The van der Waals surface area contributed by atoms with Gasteiger partial charge in [0.15, 0.2) is 17.3 Å². The summed E-state index contributed by atoms with van der Waals surface area (Å²) in [6, 6.07) is 2.99. The van der Waals surface area contributed by atoms with Gasteiger partial charge < -0.3 is 10.1 Å². The Labute approximate surface area is 130 Å². The van der Waals surface area contributed by atoms with Crippen LogP contribution in [0.25, 0.3) is 0 Å². The van der Waals surface area contributed by atoms with E-state index in [9.17, 15) is 9.18 Å². The summed E-state index contributed by atoms with van der Waals surface area (Å²) >= 11 is 1.14. The lowest BCUT2D eigenvalue weighted by molar-refractivity contribution is -0.114. The smallest absolute Gasteiger partial charge is 0.222 e. The zero-order chi connectivity index (χ0) is 16.1. The van der Waals surface area contributed by atoms with E-state index in [4.69, 9.17) is 11.2 Å². The molecule has 2 rings (SSSR count). The van der Waals surface area contributed by atoms with Crippen molar-refractivity contribution in [3.8, 4) is 18.1 Å². The molecule has 0 fully saturated rings. The fourth-order valence-electron chi connectivity index (χ4n) is 1.53. The highest BCUT2D eigenvalue weighted by atomic mass is 32.2. The van der Waals surface area contributed by atoms with Crippen LogP contribution in [0.3, 0.4) is 0 Å². The summed E-state index contributed by atoms with van der Waals surface area (Å²) in [5.41, 5.74) is -0.141. The van der Waals surface area contributed by atoms with Crippen LogP contribution < -0.4 is 10.1 Å². The van der Waals surface area contributed by atoms with E-state index < -0.39 is 5.82 Å². The Kier molecular flexibility index (Phi) is 4.91. The molecule has 2 aromatic rings. The molecule has 0 aromatic carbocycles. The van der Waals surface area contributed by atoms with Crippen LogP contribution in [-0.4, -0.2) is 28.0 Å². The van der Waals surface area contributed by atoms with Crippen molar-refractivity contribution < 1.29 is 13.9 Å². The number of pyridine rings is 1. The first-order valence-electron chi connectivity index (χ1n) is 6.02. The molecule has 8 heteroatoms. The molecule has 1 N–H and O–H groups in total. The van der Waals surface area contributed by atoms with Gasteiger partial charge in [-0.3, -0.25) is 4.79 Å². The fourth-order valence-corrected chi connectivity index (χ4v) is 2.32. The summed E-state index contributed by atoms with van der Waals surface area (Å²) in [7, 11) is 1.34. The van der Waals surface area contributed by atoms with Crippen molar-refractivity contribution in [3.05, 3.63) is 30.0 Å². The number of aromatic nitrogens is 3. The van der Waals surface area contributed by atoms with Gasteiger partial charge >= 0.3 is 0 Å². The predicted molar refractivity (Wildman–Crippen MR) is 79.1 cm³/mol. The number of nitrogens with one attached hydrogen (secondary N) is 1. The van der Waals surface area contributed by atoms with Crippen LogP contribution in [0.2, 0.25) is 0 Å². The number of ether oxygens (including phenoxy) is 1. The second-order valence-corrected chi connectivity index (χ2v) is 5.04. The number of hydrogen-bond acceptors (Lipinski definition) is 6. The highest BCUT2D eigenvalue weighted by Crippen LogP contribution is 2.30. The topological polar surface area (TPSA) is 77.0 Å². The first-order chi connectivity index (χ1) is 10.5. The standard InChI is InChI=1S/C14H11FN4O2S/c1-4-9-14(15)10(21-3)5-13(19-9)22-12-6-11(16-7-17-12)18-8(2)20/h1,5-7H,2-3H3,(H,16,17,18,20). The van der Waals surface area contributed by atoms with Crippen molar-refractivity contribution in [2.45, 2.75) is 17.0 Å². The third-order valence-electron chi connectivity index (χ3n) is 2.41. The van der Waals surface area contributed by atoms with Crippen LogP contribution in [-0.2, 0) is 4.79 Å². The molecule has 0 saturated carbocycles. The third-order valence-corrected chi connectivity index (χ3v) is 3.26. The lowest BCUT2D eigenvalue weighted by atomic mass is 10.3. The molecule has 2 aromatic heterocycles. The van der Waals surface area contributed by atoms with Gasteiger partial charge in [-0.1, -0.05) is 0 Å². The van der Waals surface area contributed by atoms with E-state index in [1.54, 1.807) is 6.07 Å². The third kappa shape index (κ3) is 3.71. The second kappa shape index (κ2) is 6.87. The second-order valence-electron chi connectivity index (χ2n) is 3.99. The molecule has 0 spiro atoms. The van der Waals surface area contributed by atoms with Gasteiger partial charge in [0.1, 0.15) is 22.2 Å². The van der Waals surface area contributed by atoms with E-state index in [-0.39, 0.29) is 17.4 Å². The number of amides is 1. The van der Waals surface area contributed by atoms with Crippen molar-refractivity contribution in [2.75, 3.05) is 12.4 Å². The summed E-state index contributed by atoms with van der Waals surface area (Å²) in [5, 5.41) is 3.48. The van der Waals surface area contributed by atoms with Gasteiger partial charge in [0.25, 0.3) is 0 Å². The van der Waals surface area contributed by atoms with Crippen LogP contribution in [0, 0.1) is 18.2 Å². The Hall–Kier alpha value is -2.66. The number of anilines is 1. The van der Waals surface area contributed by atoms with Gasteiger partial charge in [0.2, 0.25) is 5.91 Å². The Bertz CT molecular complexity index is 761. The lowest BCUT2D eigenvalue weighted by Crippen LogP contribution is -2.07. The van der Waals surface area contributed by atoms with E-state index >= 15 is 0 Å². The molecule has 6 nitrogen and oxygen atoms in total. The van der Waals surface area contributed by atoms with Crippen molar-refractivity contribution in [3.63, 3.8) is 0 Å². The largest absolute Gasteiger partial charge is 0.493 e. The number of rotatable bonds is 4. The average molecular weight is 318 g/mol. The summed E-state index contributed by atoms with van der Waals surface area (Å²) < 4.78 is 18.7. The molecule has 2 heterocycles. The normalized spacial score (nSPS) is 9.91. The first-order valence-corrected chi connectivity index (χ1v) is 6.83. The van der Waals surface area contributed by atoms with E-state index in [1.807, 2.05) is 0 Å². The number of carbonyl (C=O) groups is 1. The molecule has 22 heavy (non-hydrogen) atoms. The van der Waals surface area contributed by atoms with Gasteiger partial charge in [0, 0.05) is 19.1 Å². The summed E-state index contributed by atoms with van der Waals surface area (Å²) in [6.07, 6.45) is 6.53. The van der Waals surface area contributed by atoms with Gasteiger partial charge in [-0.2, -0.15) is 4.39 Å². The molecule has 0 bridgehead atoms. The number of nitrogens with zero attached hydrogens (tertiary/aromatic N) is 3. The molecule has 0 saturated heterocycles. The molecule has 0 unspecified atom stereocenters. The van der Waals surface area contributed by atoms with E-state index in [0.29, 0.717) is 15.9 Å². The van der Waals surface area contributed by atoms with Gasteiger partial charge in [0.05, 0.1) is 7.11 Å². The molecule has 0 aliphatic heterocycles. The molecule has 0 aliphatic carbocycles. The minimum atomic E-state index is -0.684. The SMILES string of the molecule is C#Cc1nc(Sc2cc(NC(C)=O)ncn2)cc(OC)c1F. The predicted octanol–water partition coefficient (Wildman–Crippen LogP) is 2.11. The van der Waals surface area contributed by atoms with Crippen LogP contribution in [0.1, 0.15) is 12.6 Å². The maximum atomic E-state index is 13.8. The molecular formula is C14H11FN4O2S. The zero-order valence-electron chi connectivity index (χ0n) is 11.8. The Morgan fingerprint density at radius 3 is 2.82 bits per heavy atom. The Morgan fingerprint density at radius 1 is 1.41 bits per heavy atom. The Morgan fingerprint density at radius 2 is 2.18 bits per heavy atom. The zero-order valence-corrected chi connectivity index (χ0v) is 12.6. The number of halogens is 1. The summed E-state index contributed by atoms with van der Waals surface area (Å²) in [4.78, 5) is 23.0. The van der Waals surface area contributed by atoms with Crippen molar-refractivity contribution in [1.82, 2.24) is 15.0 Å². The minimum Gasteiger partial charge on any atom is -0.493 e. The highest BCUT2D eigenvalue weighted by Gasteiger charge is 2.13. The number of terminal acetylenes is 1. The maximum Gasteiger partial charge on any atom is 0.222 e. The van der Waals surface area contributed by atoms with Crippen LogP contribution in [0.5, 0.6) is 5.75 Å². The molecule has 0 radical (unpaired) electrons. The first kappa shape index (κ1) is 15.7. The van der Waals surface area contributed by atoms with Crippen LogP contribution in [0.4, 0.5) is 10.2 Å².